The first-order valence-electron chi connectivity index (χ1n) is 5.48. The highest BCUT2D eigenvalue weighted by Crippen LogP contribution is 2.31. The van der Waals surface area contributed by atoms with Crippen LogP contribution in [0.3, 0.4) is 0 Å². The number of nitrogens with two attached hydrogens (primary N) is 1. The molecule has 0 saturated heterocycles. The number of hydrogen-bond acceptors (Lipinski definition) is 3. The number of methoxy groups -OCH3 is 1. The summed E-state index contributed by atoms with van der Waals surface area (Å²) in [6, 6.07) is 5.39. The second kappa shape index (κ2) is 5.16. The Morgan fingerprint density at radius 1 is 1.65 bits per heavy atom. The van der Waals surface area contributed by atoms with Gasteiger partial charge in [0, 0.05) is 23.8 Å². The van der Waals surface area contributed by atoms with E-state index in [0.29, 0.717) is 6.54 Å². The van der Waals surface area contributed by atoms with Crippen LogP contribution < -0.4 is 10.6 Å². The molecule has 0 aromatic heterocycles. The Balaban J connectivity index is 2.21. The maximum atomic E-state index is 12.1. The van der Waals surface area contributed by atoms with Crippen LogP contribution in [-0.2, 0) is 16.0 Å². The van der Waals surface area contributed by atoms with E-state index in [1.54, 1.807) is 12.0 Å². The lowest BCUT2D eigenvalue weighted by Crippen LogP contribution is -2.45. The molecule has 0 bridgehead atoms. The Morgan fingerprint density at radius 2 is 2.41 bits per heavy atom. The van der Waals surface area contributed by atoms with Gasteiger partial charge in [-0.05, 0) is 24.1 Å². The molecule has 5 heteroatoms. The van der Waals surface area contributed by atoms with Gasteiger partial charge in [-0.3, -0.25) is 4.79 Å². The van der Waals surface area contributed by atoms with Crippen LogP contribution in [0.5, 0.6) is 0 Å². The van der Waals surface area contributed by atoms with Crippen LogP contribution in [0, 0.1) is 0 Å². The van der Waals surface area contributed by atoms with Crippen molar-refractivity contribution in [2.75, 3.05) is 25.2 Å². The summed E-state index contributed by atoms with van der Waals surface area (Å²) in [6.45, 7) is 0.945. The molecule has 1 atom stereocenters. The fraction of sp³-hybridized carbons (Fsp3) is 0.417. The highest BCUT2D eigenvalue weighted by molar-refractivity contribution is 9.10. The molecular formula is C12H15BrN2O2. The van der Waals surface area contributed by atoms with Crippen LogP contribution in [0.4, 0.5) is 5.69 Å². The molecule has 0 spiro atoms. The maximum absolute atomic E-state index is 12.1. The molecule has 1 amide bonds. The molecule has 0 aliphatic carbocycles. The minimum atomic E-state index is -0.593. The second-order valence-electron chi connectivity index (χ2n) is 4.07. The topological polar surface area (TPSA) is 55.6 Å². The molecular weight excluding hydrogens is 284 g/mol. The Bertz CT molecular complexity index is 437. The quantitative estimate of drug-likeness (QED) is 0.915. The number of halogens is 1. The Morgan fingerprint density at radius 3 is 3.12 bits per heavy atom. The molecule has 1 unspecified atom stereocenters. The van der Waals surface area contributed by atoms with Gasteiger partial charge in [-0.2, -0.15) is 0 Å². The van der Waals surface area contributed by atoms with Crippen molar-refractivity contribution in [2.45, 2.75) is 12.5 Å². The van der Waals surface area contributed by atoms with Gasteiger partial charge < -0.3 is 15.4 Å². The second-order valence-corrected chi connectivity index (χ2v) is 4.99. The van der Waals surface area contributed by atoms with Crippen LogP contribution >= 0.6 is 15.9 Å². The number of carbonyl (C=O) groups excluding carboxylic acids is 1. The van der Waals surface area contributed by atoms with Crippen molar-refractivity contribution in [1.82, 2.24) is 0 Å². The molecule has 1 aromatic carbocycles. The van der Waals surface area contributed by atoms with E-state index in [9.17, 15) is 4.79 Å². The number of carbonyl (C=O) groups is 1. The van der Waals surface area contributed by atoms with Gasteiger partial charge in [-0.25, -0.2) is 0 Å². The van der Waals surface area contributed by atoms with Crippen LogP contribution in [0.2, 0.25) is 0 Å². The molecule has 0 radical (unpaired) electrons. The molecule has 4 nitrogen and oxygen atoms in total. The third-order valence-electron chi connectivity index (χ3n) is 2.87. The molecule has 2 rings (SSSR count). The molecule has 0 fully saturated rings. The van der Waals surface area contributed by atoms with Gasteiger partial charge in [0.1, 0.15) is 6.04 Å². The van der Waals surface area contributed by atoms with Gasteiger partial charge in [0.2, 0.25) is 5.91 Å². The summed E-state index contributed by atoms with van der Waals surface area (Å²) in [5.41, 5.74) is 7.92. The Hall–Kier alpha value is -0.910. The first-order chi connectivity index (χ1) is 8.13. The van der Waals surface area contributed by atoms with E-state index < -0.39 is 6.04 Å². The third kappa shape index (κ3) is 2.51. The number of hydrogen-bond donors (Lipinski definition) is 1. The van der Waals surface area contributed by atoms with Crippen LogP contribution in [0.15, 0.2) is 22.7 Å². The van der Waals surface area contributed by atoms with Crippen molar-refractivity contribution in [3.8, 4) is 0 Å². The zero-order valence-corrected chi connectivity index (χ0v) is 11.2. The summed E-state index contributed by atoms with van der Waals surface area (Å²) in [6.07, 6.45) is 0.883. The van der Waals surface area contributed by atoms with Crippen molar-refractivity contribution in [3.63, 3.8) is 0 Å². The molecule has 0 saturated carbocycles. The summed E-state index contributed by atoms with van der Waals surface area (Å²) in [7, 11) is 1.54. The average molecular weight is 299 g/mol. The number of anilines is 1. The molecule has 1 aliphatic heterocycles. The van der Waals surface area contributed by atoms with Gasteiger partial charge in [-0.1, -0.05) is 22.0 Å². The normalized spacial score (nSPS) is 15.8. The molecule has 92 valence electrons. The van der Waals surface area contributed by atoms with E-state index in [-0.39, 0.29) is 12.5 Å². The van der Waals surface area contributed by atoms with Gasteiger partial charge in [0.15, 0.2) is 0 Å². The summed E-state index contributed by atoms with van der Waals surface area (Å²) >= 11 is 3.42. The number of ether oxygens (including phenoxy) is 1. The fourth-order valence-corrected chi connectivity index (χ4v) is 2.38. The van der Waals surface area contributed by atoms with Gasteiger partial charge in [-0.15, -0.1) is 0 Å². The van der Waals surface area contributed by atoms with Crippen molar-refractivity contribution in [1.29, 1.82) is 0 Å². The zero-order chi connectivity index (χ0) is 12.4. The number of rotatable bonds is 3. The fourth-order valence-electron chi connectivity index (χ4n) is 2.03. The lowest BCUT2D eigenvalue weighted by atomic mass is 10.2. The van der Waals surface area contributed by atoms with Crippen molar-refractivity contribution < 1.29 is 9.53 Å². The predicted molar refractivity (Wildman–Crippen MR) is 70.1 cm³/mol. The molecule has 2 N–H and O–H groups in total. The average Bonchev–Trinajstić information content (AvgIpc) is 2.71. The smallest absolute Gasteiger partial charge is 0.246 e. The van der Waals surface area contributed by atoms with E-state index in [0.717, 1.165) is 16.6 Å². The third-order valence-corrected chi connectivity index (χ3v) is 3.37. The van der Waals surface area contributed by atoms with E-state index in [1.165, 1.54) is 5.56 Å². The Kier molecular flexibility index (Phi) is 3.81. The SMILES string of the molecule is COCC(N)C(=O)N1CCc2ccc(Br)cc21. The zero-order valence-electron chi connectivity index (χ0n) is 9.65. The van der Waals surface area contributed by atoms with Crippen molar-refractivity contribution >= 4 is 27.5 Å². The number of fused-ring (bicyclic) bond motifs is 1. The molecule has 17 heavy (non-hydrogen) atoms. The number of amides is 1. The summed E-state index contributed by atoms with van der Waals surface area (Å²) in [5, 5.41) is 0. The highest BCUT2D eigenvalue weighted by atomic mass is 79.9. The van der Waals surface area contributed by atoms with Crippen LogP contribution in [0.1, 0.15) is 5.56 Å². The maximum Gasteiger partial charge on any atom is 0.246 e. The van der Waals surface area contributed by atoms with E-state index in [2.05, 4.69) is 15.9 Å². The van der Waals surface area contributed by atoms with Gasteiger partial charge in [0.05, 0.1) is 6.61 Å². The minimum absolute atomic E-state index is 0.0799. The van der Waals surface area contributed by atoms with E-state index >= 15 is 0 Å². The minimum Gasteiger partial charge on any atom is -0.383 e. The van der Waals surface area contributed by atoms with Crippen molar-refractivity contribution in [2.24, 2.45) is 5.73 Å². The van der Waals surface area contributed by atoms with Crippen LogP contribution in [-0.4, -0.2) is 32.2 Å². The van der Waals surface area contributed by atoms with Crippen molar-refractivity contribution in [3.05, 3.63) is 28.2 Å². The standard InChI is InChI=1S/C12H15BrN2O2/c1-17-7-10(14)12(16)15-5-4-8-2-3-9(13)6-11(8)15/h2-3,6,10H,4-5,7,14H2,1H3. The van der Waals surface area contributed by atoms with E-state index in [1.807, 2.05) is 18.2 Å². The lowest BCUT2D eigenvalue weighted by Gasteiger charge is -2.21. The number of nitrogens with zero attached hydrogens (tertiary/aromatic N) is 1. The first-order valence-corrected chi connectivity index (χ1v) is 6.27. The molecule has 1 aromatic rings. The number of benzene rings is 1. The Labute approximate surface area is 109 Å². The largest absolute Gasteiger partial charge is 0.383 e. The first kappa shape index (κ1) is 12.5. The van der Waals surface area contributed by atoms with E-state index in [4.69, 9.17) is 10.5 Å². The molecule has 1 aliphatic rings. The lowest BCUT2D eigenvalue weighted by molar-refractivity contribution is -0.120. The predicted octanol–water partition coefficient (Wildman–Crippen LogP) is 1.31. The van der Waals surface area contributed by atoms with Gasteiger partial charge in [0.25, 0.3) is 0 Å². The van der Waals surface area contributed by atoms with Gasteiger partial charge >= 0.3 is 0 Å². The molecule has 1 heterocycles. The highest BCUT2D eigenvalue weighted by Gasteiger charge is 2.28. The monoisotopic (exact) mass is 298 g/mol. The van der Waals surface area contributed by atoms with Crippen LogP contribution in [0.25, 0.3) is 0 Å². The summed E-state index contributed by atoms with van der Waals surface area (Å²) in [4.78, 5) is 13.9. The summed E-state index contributed by atoms with van der Waals surface area (Å²) < 4.78 is 5.88. The summed E-state index contributed by atoms with van der Waals surface area (Å²) in [5.74, 6) is -0.0799.